The van der Waals surface area contributed by atoms with Gasteiger partial charge in [0.15, 0.2) is 0 Å². The van der Waals surface area contributed by atoms with E-state index in [2.05, 4.69) is 20.8 Å². The van der Waals surface area contributed by atoms with Gasteiger partial charge in [0, 0.05) is 15.8 Å². The summed E-state index contributed by atoms with van der Waals surface area (Å²) >= 11 is 1.59. The maximum atomic E-state index is 12.4. The molecule has 6 nitrogen and oxygen atoms in total. The highest BCUT2D eigenvalue weighted by atomic mass is 32.1. The molecule has 7 heteroatoms. The van der Waals surface area contributed by atoms with Crippen molar-refractivity contribution in [1.29, 1.82) is 0 Å². The fraction of sp³-hybridized carbons (Fsp3) is 0.235. The van der Waals surface area contributed by atoms with Gasteiger partial charge in [0.1, 0.15) is 6.04 Å². The number of carbonyl (C=O) groups is 2. The Bertz CT molecular complexity index is 841. The van der Waals surface area contributed by atoms with E-state index in [1.54, 1.807) is 35.7 Å². The molecular formula is C17H18N4O2S. The quantitative estimate of drug-likeness (QED) is 0.643. The Morgan fingerprint density at radius 2 is 2.21 bits per heavy atom. The SMILES string of the molecule is CC[C@@H](NC(=O)c1ccc2[nH]ncc2c1)C(=O)NCc1cccs1. The third-order valence-corrected chi connectivity index (χ3v) is 4.63. The first-order valence-corrected chi connectivity index (χ1v) is 8.59. The van der Waals surface area contributed by atoms with Gasteiger partial charge in [0.2, 0.25) is 5.91 Å². The number of aromatic nitrogens is 2. The lowest BCUT2D eigenvalue weighted by Crippen LogP contribution is -2.46. The van der Waals surface area contributed by atoms with Gasteiger partial charge in [0.05, 0.1) is 18.3 Å². The maximum Gasteiger partial charge on any atom is 0.251 e. The Labute approximate surface area is 143 Å². The standard InChI is InChI=1S/C17H18N4O2S/c1-2-14(17(23)18-10-13-4-3-7-24-13)20-16(22)11-5-6-15-12(8-11)9-19-21-15/h3-9,14H,2,10H2,1H3,(H,18,23)(H,19,21)(H,20,22)/t14-/m1/s1. The minimum absolute atomic E-state index is 0.177. The largest absolute Gasteiger partial charge is 0.349 e. The Hall–Kier alpha value is -2.67. The number of nitrogens with zero attached hydrogens (tertiary/aromatic N) is 1. The second-order valence-corrected chi connectivity index (χ2v) is 6.44. The lowest BCUT2D eigenvalue weighted by atomic mass is 10.1. The first kappa shape index (κ1) is 16.2. The van der Waals surface area contributed by atoms with E-state index >= 15 is 0 Å². The van der Waals surface area contributed by atoms with E-state index in [-0.39, 0.29) is 11.8 Å². The van der Waals surface area contributed by atoms with E-state index in [1.165, 1.54) is 0 Å². The van der Waals surface area contributed by atoms with Crippen LogP contribution in [0.3, 0.4) is 0 Å². The molecule has 0 aliphatic carbocycles. The summed E-state index contributed by atoms with van der Waals surface area (Å²) in [5.74, 6) is -0.445. The van der Waals surface area contributed by atoms with E-state index in [0.29, 0.717) is 18.5 Å². The summed E-state index contributed by atoms with van der Waals surface area (Å²) in [6.07, 6.45) is 2.19. The molecule has 0 saturated carbocycles. The van der Waals surface area contributed by atoms with E-state index in [9.17, 15) is 9.59 Å². The molecule has 3 aromatic rings. The van der Waals surface area contributed by atoms with Gasteiger partial charge in [0.25, 0.3) is 5.91 Å². The zero-order valence-electron chi connectivity index (χ0n) is 13.2. The molecule has 0 fully saturated rings. The second kappa shape index (κ2) is 7.27. The third-order valence-electron chi connectivity index (χ3n) is 3.75. The summed E-state index contributed by atoms with van der Waals surface area (Å²) in [5, 5.41) is 15.3. The van der Waals surface area contributed by atoms with Crippen LogP contribution in [0.15, 0.2) is 41.9 Å². The molecular weight excluding hydrogens is 324 g/mol. The number of hydrogen-bond acceptors (Lipinski definition) is 4. The van der Waals surface area contributed by atoms with Crippen molar-refractivity contribution in [2.75, 3.05) is 0 Å². The van der Waals surface area contributed by atoms with Gasteiger partial charge >= 0.3 is 0 Å². The van der Waals surface area contributed by atoms with Crippen molar-refractivity contribution in [2.45, 2.75) is 25.9 Å². The average Bonchev–Trinajstić information content (AvgIpc) is 3.27. The van der Waals surface area contributed by atoms with Crippen LogP contribution in [-0.2, 0) is 11.3 Å². The number of benzene rings is 1. The molecule has 1 atom stereocenters. The van der Waals surface area contributed by atoms with Gasteiger partial charge in [-0.2, -0.15) is 5.10 Å². The third kappa shape index (κ3) is 3.62. The van der Waals surface area contributed by atoms with Crippen LogP contribution < -0.4 is 10.6 Å². The van der Waals surface area contributed by atoms with Crippen LogP contribution in [0, 0.1) is 0 Å². The van der Waals surface area contributed by atoms with Crippen molar-refractivity contribution >= 4 is 34.1 Å². The highest BCUT2D eigenvalue weighted by Gasteiger charge is 2.19. The molecule has 0 aliphatic heterocycles. The highest BCUT2D eigenvalue weighted by molar-refractivity contribution is 7.09. The number of fused-ring (bicyclic) bond motifs is 1. The summed E-state index contributed by atoms with van der Waals surface area (Å²) in [6.45, 7) is 2.35. The summed E-state index contributed by atoms with van der Waals surface area (Å²) in [6, 6.07) is 8.62. The maximum absolute atomic E-state index is 12.4. The Balaban J connectivity index is 1.62. The Morgan fingerprint density at radius 3 is 2.96 bits per heavy atom. The van der Waals surface area contributed by atoms with Crippen LogP contribution in [0.2, 0.25) is 0 Å². The van der Waals surface area contributed by atoms with Crippen molar-refractivity contribution < 1.29 is 9.59 Å². The van der Waals surface area contributed by atoms with Crippen molar-refractivity contribution in [3.8, 4) is 0 Å². The monoisotopic (exact) mass is 342 g/mol. The molecule has 0 bridgehead atoms. The molecule has 0 radical (unpaired) electrons. The number of rotatable bonds is 6. The van der Waals surface area contributed by atoms with Crippen LogP contribution in [0.25, 0.3) is 10.9 Å². The molecule has 2 amide bonds. The normalized spacial score (nSPS) is 12.0. The van der Waals surface area contributed by atoms with Crippen molar-refractivity contribution in [1.82, 2.24) is 20.8 Å². The van der Waals surface area contributed by atoms with Gasteiger partial charge in [-0.05, 0) is 36.1 Å². The van der Waals surface area contributed by atoms with Gasteiger partial charge < -0.3 is 10.6 Å². The predicted octanol–water partition coefficient (Wildman–Crippen LogP) is 2.45. The number of thiophene rings is 1. The molecule has 2 aromatic heterocycles. The fourth-order valence-corrected chi connectivity index (χ4v) is 3.03. The van der Waals surface area contributed by atoms with Crippen LogP contribution in [-0.4, -0.2) is 28.1 Å². The molecule has 0 unspecified atom stereocenters. The molecule has 0 aliphatic rings. The zero-order valence-corrected chi connectivity index (χ0v) is 14.0. The molecule has 0 saturated heterocycles. The number of H-pyrrole nitrogens is 1. The van der Waals surface area contributed by atoms with Gasteiger partial charge in [-0.15, -0.1) is 11.3 Å². The summed E-state index contributed by atoms with van der Waals surface area (Å²) in [7, 11) is 0. The number of hydrogen-bond donors (Lipinski definition) is 3. The fourth-order valence-electron chi connectivity index (χ4n) is 2.39. The van der Waals surface area contributed by atoms with Gasteiger partial charge in [-0.1, -0.05) is 13.0 Å². The average molecular weight is 342 g/mol. The van der Waals surface area contributed by atoms with Gasteiger partial charge in [-0.3, -0.25) is 14.7 Å². The molecule has 0 spiro atoms. The lowest BCUT2D eigenvalue weighted by Gasteiger charge is -2.16. The molecule has 124 valence electrons. The van der Waals surface area contributed by atoms with E-state index in [1.807, 2.05) is 24.4 Å². The number of nitrogens with one attached hydrogen (secondary N) is 3. The molecule has 24 heavy (non-hydrogen) atoms. The lowest BCUT2D eigenvalue weighted by molar-refractivity contribution is -0.123. The van der Waals surface area contributed by atoms with Gasteiger partial charge in [-0.25, -0.2) is 0 Å². The molecule has 1 aromatic carbocycles. The predicted molar refractivity (Wildman–Crippen MR) is 93.8 cm³/mol. The Morgan fingerprint density at radius 1 is 1.33 bits per heavy atom. The minimum atomic E-state index is -0.558. The summed E-state index contributed by atoms with van der Waals surface area (Å²) in [5.41, 5.74) is 1.38. The molecule has 3 rings (SSSR count). The van der Waals surface area contributed by atoms with E-state index in [4.69, 9.17) is 0 Å². The zero-order chi connectivity index (χ0) is 16.9. The second-order valence-electron chi connectivity index (χ2n) is 5.40. The Kier molecular flexibility index (Phi) is 4.90. The summed E-state index contributed by atoms with van der Waals surface area (Å²) < 4.78 is 0. The number of aromatic amines is 1. The first-order chi connectivity index (χ1) is 11.7. The topological polar surface area (TPSA) is 86.9 Å². The van der Waals surface area contributed by atoms with E-state index in [0.717, 1.165) is 15.8 Å². The molecule has 2 heterocycles. The van der Waals surface area contributed by atoms with Crippen LogP contribution in [0.5, 0.6) is 0 Å². The van der Waals surface area contributed by atoms with Crippen molar-refractivity contribution in [3.63, 3.8) is 0 Å². The minimum Gasteiger partial charge on any atom is -0.349 e. The van der Waals surface area contributed by atoms with Crippen LogP contribution in [0.1, 0.15) is 28.6 Å². The van der Waals surface area contributed by atoms with E-state index < -0.39 is 6.04 Å². The number of carbonyl (C=O) groups excluding carboxylic acids is 2. The smallest absolute Gasteiger partial charge is 0.251 e. The van der Waals surface area contributed by atoms with Crippen molar-refractivity contribution in [2.24, 2.45) is 0 Å². The number of amides is 2. The van der Waals surface area contributed by atoms with Crippen LogP contribution in [0.4, 0.5) is 0 Å². The van der Waals surface area contributed by atoms with Crippen molar-refractivity contribution in [3.05, 3.63) is 52.3 Å². The summed E-state index contributed by atoms with van der Waals surface area (Å²) in [4.78, 5) is 25.7. The first-order valence-electron chi connectivity index (χ1n) is 7.71. The van der Waals surface area contributed by atoms with Crippen LogP contribution >= 0.6 is 11.3 Å². The molecule has 3 N–H and O–H groups in total. The highest BCUT2D eigenvalue weighted by Crippen LogP contribution is 2.13.